The smallest absolute Gasteiger partial charge is 0.380 e. The Bertz CT molecular complexity index is 593. The van der Waals surface area contributed by atoms with E-state index in [9.17, 15) is 22.0 Å². The predicted molar refractivity (Wildman–Crippen MR) is 62.9 cm³/mol. The van der Waals surface area contributed by atoms with Gasteiger partial charge in [-0.25, -0.2) is 13.8 Å². The predicted octanol–water partition coefficient (Wildman–Crippen LogP) is 3.99. The van der Waals surface area contributed by atoms with Crippen molar-refractivity contribution in [2.45, 2.75) is 12.7 Å². The van der Waals surface area contributed by atoms with Crippen molar-refractivity contribution in [1.29, 1.82) is 0 Å². The van der Waals surface area contributed by atoms with Crippen LogP contribution < -0.4 is 5.32 Å². The van der Waals surface area contributed by atoms with Gasteiger partial charge in [-0.15, -0.1) is 0 Å². The molecule has 0 radical (unpaired) electrons. The van der Waals surface area contributed by atoms with Gasteiger partial charge in [0.2, 0.25) is 0 Å². The van der Waals surface area contributed by atoms with Crippen LogP contribution in [-0.4, -0.2) is 4.98 Å². The summed E-state index contributed by atoms with van der Waals surface area (Å²) in [5.74, 6) is -1.19. The van der Waals surface area contributed by atoms with Crippen LogP contribution in [0.4, 0.5) is 27.6 Å². The van der Waals surface area contributed by atoms with Crippen LogP contribution in [-0.2, 0) is 12.7 Å². The number of hydrogen-bond acceptors (Lipinski definition) is 2. The van der Waals surface area contributed by atoms with E-state index in [2.05, 4.69) is 10.3 Å². The molecule has 0 bridgehead atoms. The largest absolute Gasteiger partial charge is 0.433 e. The maximum absolute atomic E-state index is 13.3. The van der Waals surface area contributed by atoms with Gasteiger partial charge in [-0.1, -0.05) is 0 Å². The van der Waals surface area contributed by atoms with Crippen molar-refractivity contribution < 1.29 is 22.0 Å². The van der Waals surface area contributed by atoms with Crippen LogP contribution in [0.3, 0.4) is 0 Å². The summed E-state index contributed by atoms with van der Waals surface area (Å²) in [5.41, 5.74) is -0.661. The molecule has 1 heterocycles. The van der Waals surface area contributed by atoms with E-state index in [1.54, 1.807) is 0 Å². The van der Waals surface area contributed by atoms with Gasteiger partial charge in [0.25, 0.3) is 0 Å². The lowest BCUT2D eigenvalue weighted by Gasteiger charge is -2.09. The molecule has 0 saturated heterocycles. The summed E-state index contributed by atoms with van der Waals surface area (Å²) >= 11 is 0. The highest BCUT2D eigenvalue weighted by molar-refractivity contribution is 5.42. The number of alkyl halides is 3. The monoisotopic (exact) mass is 288 g/mol. The van der Waals surface area contributed by atoms with Crippen LogP contribution in [0.25, 0.3) is 0 Å². The van der Waals surface area contributed by atoms with E-state index in [-0.39, 0.29) is 17.8 Å². The number of hydrogen-bond donors (Lipinski definition) is 1. The Morgan fingerprint density at radius 2 is 1.80 bits per heavy atom. The number of nitrogens with zero attached hydrogens (tertiary/aromatic N) is 1. The molecular weight excluding hydrogens is 279 g/mol. The third-order valence-corrected chi connectivity index (χ3v) is 2.54. The Hall–Kier alpha value is -2.18. The number of nitrogens with one attached hydrogen (secondary N) is 1. The molecule has 0 saturated carbocycles. The fraction of sp³-hybridized carbons (Fsp3) is 0.154. The highest BCUT2D eigenvalue weighted by Gasteiger charge is 2.31. The molecule has 0 aliphatic heterocycles. The highest BCUT2D eigenvalue weighted by atomic mass is 19.4. The maximum Gasteiger partial charge on any atom is 0.433 e. The molecule has 2 nitrogen and oxygen atoms in total. The van der Waals surface area contributed by atoms with Gasteiger partial charge in [0.1, 0.15) is 17.3 Å². The van der Waals surface area contributed by atoms with Crippen molar-refractivity contribution in [1.82, 2.24) is 4.98 Å². The molecule has 0 amide bonds. The van der Waals surface area contributed by atoms with Gasteiger partial charge < -0.3 is 5.32 Å². The molecule has 0 aliphatic carbocycles. The zero-order chi connectivity index (χ0) is 14.8. The Balaban J connectivity index is 2.06. The van der Waals surface area contributed by atoms with Gasteiger partial charge in [-0.2, -0.15) is 13.2 Å². The van der Waals surface area contributed by atoms with Crippen LogP contribution in [0.1, 0.15) is 11.3 Å². The fourth-order valence-electron chi connectivity index (χ4n) is 1.54. The summed E-state index contributed by atoms with van der Waals surface area (Å²) in [6, 6.07) is 4.97. The minimum Gasteiger partial charge on any atom is -0.380 e. The fourth-order valence-corrected chi connectivity index (χ4v) is 1.54. The van der Waals surface area contributed by atoms with E-state index in [1.807, 2.05) is 0 Å². The highest BCUT2D eigenvalue weighted by Crippen LogP contribution is 2.27. The zero-order valence-electron chi connectivity index (χ0n) is 10.0. The van der Waals surface area contributed by atoms with E-state index in [4.69, 9.17) is 0 Å². The van der Waals surface area contributed by atoms with Crippen LogP contribution in [0.15, 0.2) is 36.5 Å². The SMILES string of the molecule is Fc1ccc(F)c(CNc2ccc(C(F)(F)F)nc2)c1. The van der Waals surface area contributed by atoms with Crippen LogP contribution in [0, 0.1) is 11.6 Å². The van der Waals surface area contributed by atoms with Gasteiger partial charge >= 0.3 is 6.18 Å². The average Bonchev–Trinajstić information content (AvgIpc) is 2.39. The van der Waals surface area contributed by atoms with Gasteiger partial charge in [0.15, 0.2) is 0 Å². The first-order chi connectivity index (χ1) is 9.36. The molecule has 0 fully saturated rings. The van der Waals surface area contributed by atoms with Gasteiger partial charge in [-0.05, 0) is 30.3 Å². The molecule has 1 N–H and O–H groups in total. The Labute approximate surface area is 111 Å². The van der Waals surface area contributed by atoms with Crippen LogP contribution in [0.5, 0.6) is 0 Å². The molecule has 20 heavy (non-hydrogen) atoms. The second-order valence-electron chi connectivity index (χ2n) is 4.02. The standard InChI is InChI=1S/C13H9F5N2/c14-9-1-3-11(15)8(5-9)6-19-10-2-4-12(20-7-10)13(16,17)18/h1-5,7,19H,6H2. The summed E-state index contributed by atoms with van der Waals surface area (Å²) in [4.78, 5) is 3.25. The summed E-state index contributed by atoms with van der Waals surface area (Å²) in [6.07, 6.45) is -3.52. The van der Waals surface area contributed by atoms with Crippen molar-refractivity contribution in [2.75, 3.05) is 5.32 Å². The molecule has 1 aromatic heterocycles. The molecule has 0 atom stereocenters. The molecule has 0 unspecified atom stereocenters. The van der Waals surface area contributed by atoms with E-state index in [0.29, 0.717) is 0 Å². The molecule has 106 valence electrons. The first-order valence-electron chi connectivity index (χ1n) is 5.57. The summed E-state index contributed by atoms with van der Waals surface area (Å²) in [6.45, 7) is -0.0589. The quantitative estimate of drug-likeness (QED) is 0.864. The lowest BCUT2D eigenvalue weighted by Crippen LogP contribution is -2.08. The van der Waals surface area contributed by atoms with E-state index in [1.165, 1.54) is 6.07 Å². The van der Waals surface area contributed by atoms with Crippen molar-refractivity contribution >= 4 is 5.69 Å². The summed E-state index contributed by atoms with van der Waals surface area (Å²) in [5, 5.41) is 2.67. The normalized spacial score (nSPS) is 11.4. The van der Waals surface area contributed by atoms with Gasteiger partial charge in [0, 0.05) is 12.1 Å². The molecule has 1 aromatic carbocycles. The minimum absolute atomic E-state index is 0.0589. The second kappa shape index (κ2) is 5.44. The summed E-state index contributed by atoms with van der Waals surface area (Å²) < 4.78 is 63.1. The third-order valence-electron chi connectivity index (χ3n) is 2.54. The molecular formula is C13H9F5N2. The topological polar surface area (TPSA) is 24.9 Å². The van der Waals surface area contributed by atoms with E-state index < -0.39 is 23.5 Å². The molecule has 0 spiro atoms. The maximum atomic E-state index is 13.3. The Morgan fingerprint density at radius 1 is 1.05 bits per heavy atom. The first kappa shape index (κ1) is 14.2. The van der Waals surface area contributed by atoms with Gasteiger partial charge in [-0.3, -0.25) is 0 Å². The number of aromatic nitrogens is 1. The molecule has 2 rings (SSSR count). The summed E-state index contributed by atoms with van der Waals surface area (Å²) in [7, 11) is 0. The van der Waals surface area contributed by atoms with Crippen molar-refractivity contribution in [2.24, 2.45) is 0 Å². The molecule has 7 heteroatoms. The number of rotatable bonds is 3. The second-order valence-corrected chi connectivity index (χ2v) is 4.02. The number of anilines is 1. The lowest BCUT2D eigenvalue weighted by molar-refractivity contribution is -0.141. The number of pyridine rings is 1. The average molecular weight is 288 g/mol. The van der Waals surface area contributed by atoms with Gasteiger partial charge in [0.05, 0.1) is 11.9 Å². The van der Waals surface area contributed by atoms with Crippen molar-refractivity contribution in [3.8, 4) is 0 Å². The number of halogens is 5. The molecule has 0 aliphatic rings. The first-order valence-corrected chi connectivity index (χ1v) is 5.57. The Morgan fingerprint density at radius 3 is 2.40 bits per heavy atom. The van der Waals surface area contributed by atoms with E-state index in [0.717, 1.165) is 30.5 Å². The Kier molecular flexibility index (Phi) is 3.87. The van der Waals surface area contributed by atoms with Crippen molar-refractivity contribution in [3.63, 3.8) is 0 Å². The van der Waals surface area contributed by atoms with E-state index >= 15 is 0 Å². The zero-order valence-corrected chi connectivity index (χ0v) is 10.0. The third kappa shape index (κ3) is 3.43. The van der Waals surface area contributed by atoms with Crippen LogP contribution in [0.2, 0.25) is 0 Å². The van der Waals surface area contributed by atoms with Crippen LogP contribution >= 0.6 is 0 Å². The lowest BCUT2D eigenvalue weighted by atomic mass is 10.2. The number of benzene rings is 1. The molecule has 2 aromatic rings. The minimum atomic E-state index is -4.51. The van der Waals surface area contributed by atoms with Crippen molar-refractivity contribution in [3.05, 3.63) is 59.4 Å².